The van der Waals surface area contributed by atoms with Crippen molar-refractivity contribution >= 4 is 23.0 Å². The molecule has 2 aromatic rings. The van der Waals surface area contributed by atoms with Crippen molar-refractivity contribution in [3.63, 3.8) is 0 Å². The molecule has 0 bridgehead atoms. The van der Waals surface area contributed by atoms with Crippen LogP contribution in [-0.2, 0) is 4.79 Å². The molecule has 7 nitrogen and oxygen atoms in total. The van der Waals surface area contributed by atoms with Crippen molar-refractivity contribution in [2.24, 2.45) is 0 Å². The highest BCUT2D eigenvalue weighted by atomic mass is 16.6. The first kappa shape index (κ1) is 20.8. The van der Waals surface area contributed by atoms with Crippen LogP contribution in [0.15, 0.2) is 36.4 Å². The van der Waals surface area contributed by atoms with E-state index in [1.807, 2.05) is 6.92 Å². The zero-order valence-corrected chi connectivity index (χ0v) is 17.4. The molecule has 1 aliphatic heterocycles. The van der Waals surface area contributed by atoms with E-state index in [1.54, 1.807) is 13.0 Å². The number of amides is 1. The third kappa shape index (κ3) is 4.56. The summed E-state index contributed by atoms with van der Waals surface area (Å²) in [4.78, 5) is 27.7. The second-order valence-electron chi connectivity index (χ2n) is 7.66. The maximum Gasteiger partial charge on any atom is 0.269 e. The number of hydrogen-bond donors (Lipinski definition) is 1. The van der Waals surface area contributed by atoms with Crippen LogP contribution in [0.3, 0.4) is 0 Å². The smallest absolute Gasteiger partial charge is 0.269 e. The maximum atomic E-state index is 12.7. The van der Waals surface area contributed by atoms with Gasteiger partial charge in [0.05, 0.1) is 11.0 Å². The Bertz CT molecular complexity index is 920. The number of aryl methyl sites for hydroxylation is 2. The second kappa shape index (κ2) is 8.61. The Balaban J connectivity index is 1.60. The predicted octanol–water partition coefficient (Wildman–Crippen LogP) is 3.67. The third-order valence-corrected chi connectivity index (χ3v) is 5.84. The highest BCUT2D eigenvalue weighted by Crippen LogP contribution is 2.25. The van der Waals surface area contributed by atoms with Gasteiger partial charge in [0, 0.05) is 49.7 Å². The van der Waals surface area contributed by atoms with Crippen LogP contribution in [0.25, 0.3) is 0 Å². The van der Waals surface area contributed by atoms with E-state index in [1.165, 1.54) is 28.9 Å². The Morgan fingerprint density at radius 3 is 2.38 bits per heavy atom. The van der Waals surface area contributed by atoms with Crippen LogP contribution in [0, 0.1) is 30.9 Å². The van der Waals surface area contributed by atoms with Gasteiger partial charge in [-0.1, -0.05) is 12.1 Å². The SMILES string of the molecule is Cc1cc([N+](=O)[O-])ccc1NC(=O)C(C)N1CCN(c2cccc(C)c2C)CC1. The van der Waals surface area contributed by atoms with E-state index in [9.17, 15) is 14.9 Å². The minimum absolute atomic E-state index is 0.0242. The zero-order chi connectivity index (χ0) is 21.1. The van der Waals surface area contributed by atoms with Gasteiger partial charge in [-0.2, -0.15) is 0 Å². The number of piperazine rings is 1. The minimum atomic E-state index is -0.434. The van der Waals surface area contributed by atoms with E-state index >= 15 is 0 Å². The molecule has 0 aromatic heterocycles. The molecule has 1 fully saturated rings. The van der Waals surface area contributed by atoms with Gasteiger partial charge in [-0.3, -0.25) is 19.8 Å². The van der Waals surface area contributed by atoms with Crippen molar-refractivity contribution in [2.45, 2.75) is 33.7 Å². The second-order valence-corrected chi connectivity index (χ2v) is 7.66. The number of hydrogen-bond acceptors (Lipinski definition) is 5. The Kier molecular flexibility index (Phi) is 6.17. The van der Waals surface area contributed by atoms with Crippen LogP contribution in [0.1, 0.15) is 23.6 Å². The zero-order valence-electron chi connectivity index (χ0n) is 17.4. The van der Waals surface area contributed by atoms with Gasteiger partial charge in [0.2, 0.25) is 5.91 Å². The molecule has 3 rings (SSSR count). The number of nitrogens with zero attached hydrogens (tertiary/aromatic N) is 3. The van der Waals surface area contributed by atoms with Crippen molar-refractivity contribution in [1.29, 1.82) is 0 Å². The minimum Gasteiger partial charge on any atom is -0.369 e. The number of benzene rings is 2. The Labute approximate surface area is 171 Å². The van der Waals surface area contributed by atoms with Crippen LogP contribution < -0.4 is 10.2 Å². The summed E-state index contributed by atoms with van der Waals surface area (Å²) in [6, 6.07) is 10.6. The molecule has 7 heteroatoms. The average molecular weight is 396 g/mol. The molecular weight excluding hydrogens is 368 g/mol. The first-order valence-electron chi connectivity index (χ1n) is 9.89. The van der Waals surface area contributed by atoms with E-state index < -0.39 is 4.92 Å². The normalized spacial score (nSPS) is 15.8. The first-order chi connectivity index (χ1) is 13.8. The summed E-state index contributed by atoms with van der Waals surface area (Å²) in [7, 11) is 0. The molecule has 1 aliphatic rings. The summed E-state index contributed by atoms with van der Waals surface area (Å²) in [5.41, 5.74) is 5.18. The molecule has 2 aromatic carbocycles. The van der Waals surface area contributed by atoms with Crippen LogP contribution in [0.5, 0.6) is 0 Å². The number of nitro groups is 1. The van der Waals surface area contributed by atoms with Crippen molar-refractivity contribution in [2.75, 3.05) is 36.4 Å². The predicted molar refractivity (Wildman–Crippen MR) is 116 cm³/mol. The summed E-state index contributed by atoms with van der Waals surface area (Å²) in [6.45, 7) is 11.3. The molecule has 0 saturated carbocycles. The standard InChI is InChI=1S/C22H28N4O3/c1-15-6-5-7-21(17(15)3)25-12-10-24(11-13-25)18(4)22(27)23-20-9-8-19(26(28)29)14-16(20)2/h5-9,14,18H,10-13H2,1-4H3,(H,23,27). The van der Waals surface area contributed by atoms with Gasteiger partial charge in [0.15, 0.2) is 0 Å². The topological polar surface area (TPSA) is 78.7 Å². The van der Waals surface area contributed by atoms with Crippen molar-refractivity contribution in [3.05, 3.63) is 63.2 Å². The fraction of sp³-hybridized carbons (Fsp3) is 0.409. The molecule has 29 heavy (non-hydrogen) atoms. The number of carbonyl (C=O) groups is 1. The lowest BCUT2D eigenvalue weighted by Gasteiger charge is -2.39. The number of nitrogens with one attached hydrogen (secondary N) is 1. The quantitative estimate of drug-likeness (QED) is 0.616. The lowest BCUT2D eigenvalue weighted by molar-refractivity contribution is -0.384. The number of rotatable bonds is 5. The van der Waals surface area contributed by atoms with Gasteiger partial charge in [0.1, 0.15) is 0 Å². The van der Waals surface area contributed by atoms with E-state index in [0.29, 0.717) is 11.3 Å². The van der Waals surface area contributed by atoms with Gasteiger partial charge < -0.3 is 10.2 Å². The summed E-state index contributed by atoms with van der Waals surface area (Å²) in [5, 5.41) is 13.8. The Hall–Kier alpha value is -2.93. The molecule has 1 atom stereocenters. The van der Waals surface area contributed by atoms with Crippen LogP contribution >= 0.6 is 0 Å². The maximum absolute atomic E-state index is 12.7. The van der Waals surface area contributed by atoms with Gasteiger partial charge in [-0.15, -0.1) is 0 Å². The van der Waals surface area contributed by atoms with Crippen LogP contribution in [0.4, 0.5) is 17.1 Å². The monoisotopic (exact) mass is 396 g/mol. The van der Waals surface area contributed by atoms with E-state index in [0.717, 1.165) is 26.2 Å². The van der Waals surface area contributed by atoms with Gasteiger partial charge in [0.25, 0.3) is 5.69 Å². The van der Waals surface area contributed by atoms with E-state index in [-0.39, 0.29) is 17.6 Å². The Morgan fingerprint density at radius 1 is 1.07 bits per heavy atom. The lowest BCUT2D eigenvalue weighted by Crippen LogP contribution is -2.53. The molecule has 154 valence electrons. The van der Waals surface area contributed by atoms with Gasteiger partial charge in [-0.05, 0) is 56.5 Å². The highest BCUT2D eigenvalue weighted by molar-refractivity contribution is 5.95. The molecule has 0 radical (unpaired) electrons. The largest absolute Gasteiger partial charge is 0.369 e. The van der Waals surface area contributed by atoms with Gasteiger partial charge >= 0.3 is 0 Å². The molecule has 1 heterocycles. The number of nitro benzene ring substituents is 1. The number of carbonyl (C=O) groups excluding carboxylic acids is 1. The molecule has 1 amide bonds. The molecule has 1 unspecified atom stereocenters. The molecule has 0 aliphatic carbocycles. The van der Waals surface area contributed by atoms with Crippen molar-refractivity contribution in [1.82, 2.24) is 4.90 Å². The summed E-state index contributed by atoms with van der Waals surface area (Å²) in [6.07, 6.45) is 0. The number of anilines is 2. The molecule has 1 saturated heterocycles. The van der Waals surface area contributed by atoms with E-state index in [2.05, 4.69) is 47.2 Å². The third-order valence-electron chi connectivity index (χ3n) is 5.84. The fourth-order valence-electron chi connectivity index (χ4n) is 3.73. The van der Waals surface area contributed by atoms with Crippen LogP contribution in [-0.4, -0.2) is 48.0 Å². The van der Waals surface area contributed by atoms with Gasteiger partial charge in [-0.25, -0.2) is 0 Å². The summed E-state index contributed by atoms with van der Waals surface area (Å²) in [5.74, 6) is -0.0952. The first-order valence-corrected chi connectivity index (χ1v) is 9.89. The summed E-state index contributed by atoms with van der Waals surface area (Å²) < 4.78 is 0. The van der Waals surface area contributed by atoms with Crippen LogP contribution in [0.2, 0.25) is 0 Å². The molecular formula is C22H28N4O3. The van der Waals surface area contributed by atoms with E-state index in [4.69, 9.17) is 0 Å². The number of non-ortho nitro benzene ring substituents is 1. The lowest BCUT2D eigenvalue weighted by atomic mass is 10.1. The van der Waals surface area contributed by atoms with Crippen molar-refractivity contribution in [3.8, 4) is 0 Å². The molecule has 1 N–H and O–H groups in total. The van der Waals surface area contributed by atoms with Crippen molar-refractivity contribution < 1.29 is 9.72 Å². The highest BCUT2D eigenvalue weighted by Gasteiger charge is 2.26. The fourth-order valence-corrected chi connectivity index (χ4v) is 3.73. The molecule has 0 spiro atoms. The average Bonchev–Trinajstić information content (AvgIpc) is 2.71. The summed E-state index contributed by atoms with van der Waals surface area (Å²) >= 11 is 0. The Morgan fingerprint density at radius 2 is 1.76 bits per heavy atom.